The highest BCUT2D eigenvalue weighted by Gasteiger charge is 2.30. The molecule has 2 aromatic carbocycles. The van der Waals surface area contributed by atoms with Gasteiger partial charge in [0.1, 0.15) is 18.1 Å². The van der Waals surface area contributed by atoms with Crippen LogP contribution in [-0.4, -0.2) is 33.5 Å². The van der Waals surface area contributed by atoms with Crippen LogP contribution >= 0.6 is 0 Å². The van der Waals surface area contributed by atoms with Crippen molar-refractivity contribution in [2.24, 2.45) is 0 Å². The Kier molecular flexibility index (Phi) is 6.10. The second kappa shape index (κ2) is 7.96. The fourth-order valence-corrected chi connectivity index (χ4v) is 3.89. The van der Waals surface area contributed by atoms with Gasteiger partial charge in [0.2, 0.25) is 5.91 Å². The summed E-state index contributed by atoms with van der Waals surface area (Å²) in [5.41, 5.74) is -0.309. The minimum atomic E-state index is -4.13. The van der Waals surface area contributed by atoms with Crippen molar-refractivity contribution in [2.45, 2.75) is 31.2 Å². The van der Waals surface area contributed by atoms with E-state index in [1.165, 1.54) is 7.11 Å². The Morgan fingerprint density at radius 1 is 1.11 bits per heavy atom. The van der Waals surface area contributed by atoms with Crippen LogP contribution in [0.15, 0.2) is 53.4 Å². The van der Waals surface area contributed by atoms with Crippen molar-refractivity contribution >= 4 is 21.6 Å². The van der Waals surface area contributed by atoms with E-state index in [0.29, 0.717) is 5.75 Å². The summed E-state index contributed by atoms with van der Waals surface area (Å²) in [4.78, 5) is 12.3. The van der Waals surface area contributed by atoms with Crippen LogP contribution in [0.3, 0.4) is 0 Å². The van der Waals surface area contributed by atoms with Gasteiger partial charge < -0.3 is 10.1 Å². The number of para-hydroxylation sites is 2. The minimum Gasteiger partial charge on any atom is -0.495 e. The van der Waals surface area contributed by atoms with Gasteiger partial charge in [-0.05, 0) is 57.2 Å². The molecule has 0 atom stereocenters. The number of benzene rings is 2. The summed E-state index contributed by atoms with van der Waals surface area (Å²) in [5.74, 6) is -0.728. The molecule has 0 heterocycles. The number of methoxy groups -OCH3 is 1. The Hall–Kier alpha value is -2.61. The van der Waals surface area contributed by atoms with Gasteiger partial charge >= 0.3 is 0 Å². The molecule has 0 aliphatic heterocycles. The predicted octanol–water partition coefficient (Wildman–Crippen LogP) is 2.94. The van der Waals surface area contributed by atoms with Crippen LogP contribution in [0.2, 0.25) is 0 Å². The van der Waals surface area contributed by atoms with Crippen LogP contribution in [0.5, 0.6) is 5.75 Å². The Bertz CT molecular complexity index is 906. The number of amides is 1. The molecule has 0 spiro atoms. The van der Waals surface area contributed by atoms with Crippen molar-refractivity contribution in [3.8, 4) is 5.75 Å². The molecule has 0 saturated carbocycles. The number of hydrogen-bond donors (Lipinski definition) is 1. The van der Waals surface area contributed by atoms with E-state index in [1.807, 2.05) is 0 Å². The number of anilines is 1. The second-order valence-electron chi connectivity index (χ2n) is 6.94. The highest BCUT2D eigenvalue weighted by molar-refractivity contribution is 7.92. The lowest BCUT2D eigenvalue weighted by atomic mass is 10.1. The van der Waals surface area contributed by atoms with Crippen LogP contribution in [0.4, 0.5) is 10.1 Å². The quantitative estimate of drug-likeness (QED) is 0.817. The first-order valence-electron chi connectivity index (χ1n) is 8.27. The molecule has 0 saturated heterocycles. The zero-order valence-corrected chi connectivity index (χ0v) is 16.5. The number of carbonyl (C=O) groups is 1. The lowest BCUT2D eigenvalue weighted by molar-refractivity contribution is -0.121. The Labute approximate surface area is 159 Å². The number of ether oxygens (including phenoxy) is 1. The molecule has 0 aliphatic carbocycles. The first-order valence-corrected chi connectivity index (χ1v) is 9.71. The summed E-state index contributed by atoms with van der Waals surface area (Å²) in [6.45, 7) is 4.95. The van der Waals surface area contributed by atoms with Crippen molar-refractivity contribution < 1.29 is 22.3 Å². The molecular formula is C19H23FN2O4S. The Balaban J connectivity index is 2.52. The van der Waals surface area contributed by atoms with Gasteiger partial charge in [0.15, 0.2) is 0 Å². The Morgan fingerprint density at radius 2 is 1.70 bits per heavy atom. The molecule has 1 amide bonds. The lowest BCUT2D eigenvalue weighted by Crippen LogP contribution is -2.47. The van der Waals surface area contributed by atoms with E-state index in [4.69, 9.17) is 4.74 Å². The zero-order chi connectivity index (χ0) is 20.2. The molecule has 0 aliphatic rings. The van der Waals surface area contributed by atoms with E-state index in [9.17, 15) is 17.6 Å². The first kappa shape index (κ1) is 20.7. The number of nitrogens with one attached hydrogen (secondary N) is 1. The standard InChI is InChI=1S/C19H23FN2O4S/c1-19(2,3)21-18(23)13-22(16-7-5-6-8-17(16)26-4)27(24,25)15-11-9-14(20)10-12-15/h5-12H,13H2,1-4H3,(H,21,23). The number of halogens is 1. The van der Waals surface area contributed by atoms with Crippen LogP contribution in [0, 0.1) is 5.82 Å². The zero-order valence-electron chi connectivity index (χ0n) is 15.7. The van der Waals surface area contributed by atoms with Crippen molar-refractivity contribution in [3.63, 3.8) is 0 Å². The molecule has 0 bridgehead atoms. The van der Waals surface area contributed by atoms with Gasteiger partial charge in [-0.2, -0.15) is 0 Å². The SMILES string of the molecule is COc1ccccc1N(CC(=O)NC(C)(C)C)S(=O)(=O)c1ccc(F)cc1. The average molecular weight is 394 g/mol. The van der Waals surface area contributed by atoms with Crippen LogP contribution in [0.25, 0.3) is 0 Å². The second-order valence-corrected chi connectivity index (χ2v) is 8.80. The van der Waals surface area contributed by atoms with Crippen molar-refractivity contribution in [1.29, 1.82) is 0 Å². The van der Waals surface area contributed by atoms with Gasteiger partial charge in [-0.3, -0.25) is 9.10 Å². The average Bonchev–Trinajstić information content (AvgIpc) is 2.58. The molecule has 2 aromatic rings. The highest BCUT2D eigenvalue weighted by Crippen LogP contribution is 2.32. The molecule has 0 aromatic heterocycles. The normalized spacial score (nSPS) is 11.7. The molecule has 27 heavy (non-hydrogen) atoms. The topological polar surface area (TPSA) is 75.7 Å². The van der Waals surface area contributed by atoms with Gasteiger partial charge in [0.25, 0.3) is 10.0 Å². The molecule has 1 N–H and O–H groups in total. The maximum atomic E-state index is 13.2. The van der Waals surface area contributed by atoms with Gasteiger partial charge in [0.05, 0.1) is 17.7 Å². The molecular weight excluding hydrogens is 371 g/mol. The largest absolute Gasteiger partial charge is 0.495 e. The maximum Gasteiger partial charge on any atom is 0.264 e. The number of nitrogens with zero attached hydrogens (tertiary/aromatic N) is 1. The summed E-state index contributed by atoms with van der Waals surface area (Å²) in [7, 11) is -2.71. The van der Waals surface area contributed by atoms with Crippen molar-refractivity contribution in [3.05, 3.63) is 54.3 Å². The van der Waals surface area contributed by atoms with E-state index in [1.54, 1.807) is 45.0 Å². The summed E-state index contributed by atoms with van der Waals surface area (Å²) >= 11 is 0. The van der Waals surface area contributed by atoms with Crippen molar-refractivity contribution in [1.82, 2.24) is 5.32 Å². The van der Waals surface area contributed by atoms with E-state index in [0.717, 1.165) is 28.6 Å². The molecule has 146 valence electrons. The first-order chi connectivity index (χ1) is 12.5. The number of rotatable bonds is 6. The summed E-state index contributed by atoms with van der Waals surface area (Å²) in [5, 5.41) is 2.74. The van der Waals surface area contributed by atoms with Gasteiger partial charge in [0, 0.05) is 5.54 Å². The highest BCUT2D eigenvalue weighted by atomic mass is 32.2. The van der Waals surface area contributed by atoms with E-state index in [-0.39, 0.29) is 10.6 Å². The van der Waals surface area contributed by atoms with E-state index < -0.39 is 33.8 Å². The predicted molar refractivity (Wildman–Crippen MR) is 102 cm³/mol. The molecule has 0 fully saturated rings. The summed E-state index contributed by atoms with van der Waals surface area (Å²) in [6.07, 6.45) is 0. The summed E-state index contributed by atoms with van der Waals surface area (Å²) < 4.78 is 45.8. The third kappa shape index (κ3) is 5.19. The molecule has 0 radical (unpaired) electrons. The lowest BCUT2D eigenvalue weighted by Gasteiger charge is -2.28. The van der Waals surface area contributed by atoms with E-state index in [2.05, 4.69) is 5.32 Å². The number of sulfonamides is 1. The summed E-state index contributed by atoms with van der Waals surface area (Å²) in [6, 6.07) is 10.9. The molecule has 2 rings (SSSR count). The molecule has 6 nitrogen and oxygen atoms in total. The molecule has 0 unspecified atom stereocenters. The number of hydrogen-bond acceptors (Lipinski definition) is 4. The Morgan fingerprint density at radius 3 is 2.26 bits per heavy atom. The third-order valence-electron chi connectivity index (χ3n) is 3.56. The maximum absolute atomic E-state index is 13.2. The number of carbonyl (C=O) groups excluding carboxylic acids is 1. The van der Waals surface area contributed by atoms with Gasteiger partial charge in [-0.25, -0.2) is 12.8 Å². The monoisotopic (exact) mass is 394 g/mol. The minimum absolute atomic E-state index is 0.127. The van der Waals surface area contributed by atoms with Crippen LogP contribution in [0.1, 0.15) is 20.8 Å². The smallest absolute Gasteiger partial charge is 0.264 e. The molecule has 8 heteroatoms. The van der Waals surface area contributed by atoms with Crippen LogP contribution < -0.4 is 14.4 Å². The fraction of sp³-hybridized carbons (Fsp3) is 0.316. The van der Waals surface area contributed by atoms with Gasteiger partial charge in [-0.1, -0.05) is 12.1 Å². The van der Waals surface area contributed by atoms with E-state index >= 15 is 0 Å². The van der Waals surface area contributed by atoms with Crippen molar-refractivity contribution in [2.75, 3.05) is 18.0 Å². The van der Waals surface area contributed by atoms with Gasteiger partial charge in [-0.15, -0.1) is 0 Å². The van der Waals surface area contributed by atoms with Crippen LogP contribution in [-0.2, 0) is 14.8 Å². The fourth-order valence-electron chi connectivity index (χ4n) is 2.46. The third-order valence-corrected chi connectivity index (χ3v) is 5.33.